The van der Waals surface area contributed by atoms with E-state index < -0.39 is 0 Å². The smallest absolute Gasteiger partial charge is 0.0716 e. The fourth-order valence-electron chi connectivity index (χ4n) is 3.20. The average molecular weight is 422 g/mol. The molecule has 0 spiro atoms. The molecule has 0 aliphatic rings. The van der Waals surface area contributed by atoms with Crippen molar-refractivity contribution in [2.75, 3.05) is 0 Å². The minimum absolute atomic E-state index is 0.820. The highest BCUT2D eigenvalue weighted by Crippen LogP contribution is 2.34. The second-order valence-electron chi connectivity index (χ2n) is 6.80. The molecule has 1 aromatic rings. The number of rotatable bonds is 14. The van der Waals surface area contributed by atoms with Gasteiger partial charge in [-0.3, -0.25) is 0 Å². The van der Waals surface area contributed by atoms with Gasteiger partial charge in [0, 0.05) is 4.88 Å². The summed E-state index contributed by atoms with van der Waals surface area (Å²) in [6.07, 6.45) is 17.8. The van der Waals surface area contributed by atoms with E-state index in [1.54, 1.807) is 0 Å². The van der Waals surface area contributed by atoms with Crippen molar-refractivity contribution in [1.29, 1.82) is 0 Å². The molecule has 1 rings (SSSR count). The third-order valence-electron chi connectivity index (χ3n) is 4.63. The van der Waals surface area contributed by atoms with Crippen LogP contribution < -0.4 is 0 Å². The highest BCUT2D eigenvalue weighted by Gasteiger charge is 2.14. The summed E-state index contributed by atoms with van der Waals surface area (Å²) in [5.74, 6) is 0.820. The van der Waals surface area contributed by atoms with E-state index in [0.29, 0.717) is 0 Å². The highest BCUT2D eigenvalue weighted by atomic mass is 79.9. The summed E-state index contributed by atoms with van der Waals surface area (Å²) in [5, 5.41) is 0.961. The van der Waals surface area contributed by atoms with Crippen LogP contribution in [-0.4, -0.2) is 0 Å². The molecule has 0 aliphatic carbocycles. The van der Waals surface area contributed by atoms with Crippen molar-refractivity contribution >= 4 is 38.9 Å². The molecule has 0 N–H and O–H groups in total. The molecule has 23 heavy (non-hydrogen) atoms. The molecule has 0 radical (unpaired) electrons. The van der Waals surface area contributed by atoms with Gasteiger partial charge in [-0.1, -0.05) is 102 Å². The largest absolute Gasteiger partial charge is 0.132 e. The van der Waals surface area contributed by atoms with Gasteiger partial charge in [0.1, 0.15) is 0 Å². The zero-order valence-electron chi connectivity index (χ0n) is 15.0. The maximum atomic E-state index is 6.37. The van der Waals surface area contributed by atoms with Crippen LogP contribution in [0, 0.1) is 5.92 Å². The lowest BCUT2D eigenvalue weighted by Crippen LogP contribution is -2.04. The van der Waals surface area contributed by atoms with E-state index in [1.165, 1.54) is 92.1 Å². The van der Waals surface area contributed by atoms with Crippen LogP contribution in [0.15, 0.2) is 9.85 Å². The molecule has 0 bridgehead atoms. The first kappa shape index (κ1) is 21.5. The Hall–Kier alpha value is 0.470. The molecule has 0 nitrogen and oxygen atoms in total. The van der Waals surface area contributed by atoms with Crippen molar-refractivity contribution < 1.29 is 0 Å². The predicted molar refractivity (Wildman–Crippen MR) is 111 cm³/mol. The molecule has 134 valence electrons. The fourth-order valence-corrected chi connectivity index (χ4v) is 5.40. The Balaban J connectivity index is 2.37. The second-order valence-corrected chi connectivity index (χ2v) is 9.72. The van der Waals surface area contributed by atoms with E-state index >= 15 is 0 Å². The van der Waals surface area contributed by atoms with Gasteiger partial charge in [0.2, 0.25) is 0 Å². The summed E-state index contributed by atoms with van der Waals surface area (Å²) in [6, 6.07) is 2.06. The molecule has 0 amide bonds. The standard InChI is InChI=1S/C20H34BrClS/c1-3-5-7-9-10-12-14-17(13-11-8-6-4-2)15-19-18(22)16-20(21)23-19/h16-17H,3-15H2,1-2H3. The first-order valence-electron chi connectivity index (χ1n) is 9.61. The minimum atomic E-state index is 0.820. The fraction of sp³-hybridized carbons (Fsp3) is 0.800. The van der Waals surface area contributed by atoms with Gasteiger partial charge in [-0.15, -0.1) is 11.3 Å². The Labute approximate surface area is 161 Å². The number of unbranched alkanes of at least 4 members (excludes halogenated alkanes) is 8. The Morgan fingerprint density at radius 3 is 1.96 bits per heavy atom. The maximum absolute atomic E-state index is 6.37. The van der Waals surface area contributed by atoms with Gasteiger partial charge in [0.15, 0.2) is 0 Å². The highest BCUT2D eigenvalue weighted by molar-refractivity contribution is 9.11. The zero-order valence-corrected chi connectivity index (χ0v) is 18.2. The number of hydrogen-bond acceptors (Lipinski definition) is 1. The summed E-state index contributed by atoms with van der Waals surface area (Å²) in [5.41, 5.74) is 0. The van der Waals surface area contributed by atoms with Crippen LogP contribution >= 0.6 is 38.9 Å². The van der Waals surface area contributed by atoms with E-state index in [0.717, 1.165) is 10.9 Å². The molecule has 1 aromatic heterocycles. The van der Waals surface area contributed by atoms with Crippen LogP contribution in [0.4, 0.5) is 0 Å². The van der Waals surface area contributed by atoms with Gasteiger partial charge < -0.3 is 0 Å². The summed E-state index contributed by atoms with van der Waals surface area (Å²) in [4.78, 5) is 1.38. The second kappa shape index (κ2) is 13.7. The van der Waals surface area contributed by atoms with E-state index in [2.05, 4.69) is 35.8 Å². The summed E-state index contributed by atoms with van der Waals surface area (Å²) < 4.78 is 1.17. The van der Waals surface area contributed by atoms with Crippen LogP contribution in [0.2, 0.25) is 5.02 Å². The average Bonchev–Trinajstić information content (AvgIpc) is 2.84. The van der Waals surface area contributed by atoms with Crippen molar-refractivity contribution in [1.82, 2.24) is 0 Å². The van der Waals surface area contributed by atoms with E-state index in [9.17, 15) is 0 Å². The van der Waals surface area contributed by atoms with Crippen molar-refractivity contribution in [3.05, 3.63) is 19.8 Å². The van der Waals surface area contributed by atoms with E-state index in [1.807, 2.05) is 11.3 Å². The summed E-state index contributed by atoms with van der Waals surface area (Å²) >= 11 is 11.8. The summed E-state index contributed by atoms with van der Waals surface area (Å²) in [7, 11) is 0. The van der Waals surface area contributed by atoms with Crippen LogP contribution in [0.25, 0.3) is 0 Å². The lowest BCUT2D eigenvalue weighted by molar-refractivity contribution is 0.404. The van der Waals surface area contributed by atoms with Crippen LogP contribution in [-0.2, 0) is 6.42 Å². The molecule has 0 saturated heterocycles. The Morgan fingerprint density at radius 1 is 0.913 bits per heavy atom. The van der Waals surface area contributed by atoms with Crippen molar-refractivity contribution in [2.24, 2.45) is 5.92 Å². The van der Waals surface area contributed by atoms with Gasteiger partial charge in [0.05, 0.1) is 8.81 Å². The molecule has 1 atom stereocenters. The first-order chi connectivity index (χ1) is 11.2. The van der Waals surface area contributed by atoms with Crippen molar-refractivity contribution in [2.45, 2.75) is 97.3 Å². The maximum Gasteiger partial charge on any atom is 0.0716 e. The van der Waals surface area contributed by atoms with Gasteiger partial charge in [-0.2, -0.15) is 0 Å². The Bertz CT molecular complexity index is 402. The summed E-state index contributed by atoms with van der Waals surface area (Å²) in [6.45, 7) is 4.58. The normalized spacial score (nSPS) is 12.7. The van der Waals surface area contributed by atoms with Gasteiger partial charge in [-0.25, -0.2) is 0 Å². The lowest BCUT2D eigenvalue weighted by atomic mass is 9.91. The van der Waals surface area contributed by atoms with Crippen molar-refractivity contribution in [3.8, 4) is 0 Å². The molecule has 0 fully saturated rings. The molecule has 0 saturated carbocycles. The zero-order chi connectivity index (χ0) is 16.9. The lowest BCUT2D eigenvalue weighted by Gasteiger charge is -2.16. The Morgan fingerprint density at radius 2 is 1.43 bits per heavy atom. The van der Waals surface area contributed by atoms with Gasteiger partial charge in [-0.05, 0) is 34.3 Å². The van der Waals surface area contributed by atoms with Crippen LogP contribution in [0.3, 0.4) is 0 Å². The third-order valence-corrected chi connectivity index (χ3v) is 6.74. The number of hydrogen-bond donors (Lipinski definition) is 0. The first-order valence-corrected chi connectivity index (χ1v) is 11.6. The molecule has 3 heteroatoms. The third kappa shape index (κ3) is 10.1. The van der Waals surface area contributed by atoms with Gasteiger partial charge in [0.25, 0.3) is 0 Å². The molecule has 0 aromatic carbocycles. The Kier molecular flexibility index (Phi) is 12.8. The molecule has 1 unspecified atom stereocenters. The quantitative estimate of drug-likeness (QED) is 0.263. The van der Waals surface area contributed by atoms with E-state index in [-0.39, 0.29) is 0 Å². The molecular formula is C20H34BrClS. The predicted octanol–water partition coefficient (Wildman–Crippen LogP) is 9.04. The van der Waals surface area contributed by atoms with E-state index in [4.69, 9.17) is 11.6 Å². The molecule has 1 heterocycles. The molecule has 0 aliphatic heterocycles. The van der Waals surface area contributed by atoms with Crippen LogP contribution in [0.1, 0.15) is 95.8 Å². The number of thiophene rings is 1. The number of halogens is 2. The monoisotopic (exact) mass is 420 g/mol. The van der Waals surface area contributed by atoms with Crippen molar-refractivity contribution in [3.63, 3.8) is 0 Å². The topological polar surface area (TPSA) is 0 Å². The SMILES string of the molecule is CCCCCCCCC(CCCCCC)Cc1sc(Br)cc1Cl. The van der Waals surface area contributed by atoms with Crippen LogP contribution in [0.5, 0.6) is 0 Å². The molecular weight excluding hydrogens is 388 g/mol. The van der Waals surface area contributed by atoms with Gasteiger partial charge >= 0.3 is 0 Å². The minimum Gasteiger partial charge on any atom is -0.132 e.